The molecule has 136 valence electrons. The molecule has 2 aromatic carbocycles. The predicted molar refractivity (Wildman–Crippen MR) is 112 cm³/mol. The van der Waals surface area contributed by atoms with E-state index in [1.807, 2.05) is 91.6 Å². The monoisotopic (exact) mass is 376 g/mol. The molecule has 0 radical (unpaired) electrons. The lowest BCUT2D eigenvalue weighted by Gasteiger charge is -2.39. The van der Waals surface area contributed by atoms with Crippen LogP contribution in [0.25, 0.3) is 0 Å². The largest absolute Gasteiger partial charge is 0.306 e. The number of amidine groups is 1. The maximum atomic E-state index is 12.9. The number of hydrazine groups is 1. The summed E-state index contributed by atoms with van der Waals surface area (Å²) in [4.78, 5) is 19.3. The number of amides is 1. The van der Waals surface area contributed by atoms with E-state index in [1.165, 1.54) is 0 Å². The van der Waals surface area contributed by atoms with Crippen molar-refractivity contribution >= 4 is 34.9 Å². The van der Waals surface area contributed by atoms with E-state index in [1.54, 1.807) is 11.8 Å². The summed E-state index contributed by atoms with van der Waals surface area (Å²) in [5.74, 6) is 0.422. The van der Waals surface area contributed by atoms with Crippen molar-refractivity contribution in [2.45, 2.75) is 13.8 Å². The third-order valence-electron chi connectivity index (χ3n) is 4.51. The molecule has 0 atom stereocenters. The number of benzene rings is 2. The van der Waals surface area contributed by atoms with Crippen molar-refractivity contribution in [2.75, 3.05) is 17.0 Å². The van der Waals surface area contributed by atoms with E-state index in [9.17, 15) is 4.79 Å². The van der Waals surface area contributed by atoms with Gasteiger partial charge in [-0.25, -0.2) is 5.01 Å². The Balaban J connectivity index is 1.83. The van der Waals surface area contributed by atoms with Crippen LogP contribution in [0.2, 0.25) is 0 Å². The number of allylic oxidation sites excluding steroid dienone is 1. The molecular weight excluding hydrogens is 356 g/mol. The number of likely N-dealkylation sites (N-methyl/N-ethyl adjacent to an activating group) is 1. The lowest BCUT2D eigenvalue weighted by atomic mass is 10.2. The molecule has 2 heterocycles. The summed E-state index contributed by atoms with van der Waals surface area (Å²) >= 11 is 1.55. The third-order valence-corrected chi connectivity index (χ3v) is 5.57. The van der Waals surface area contributed by atoms with Crippen LogP contribution in [0, 0.1) is 0 Å². The van der Waals surface area contributed by atoms with Gasteiger partial charge in [0.1, 0.15) is 10.9 Å². The highest BCUT2D eigenvalue weighted by Crippen LogP contribution is 2.42. The van der Waals surface area contributed by atoms with Gasteiger partial charge in [-0.1, -0.05) is 48.2 Å². The van der Waals surface area contributed by atoms with Crippen LogP contribution in [-0.4, -0.2) is 23.8 Å². The van der Waals surface area contributed by atoms with E-state index in [0.29, 0.717) is 11.5 Å². The summed E-state index contributed by atoms with van der Waals surface area (Å²) in [6.07, 6.45) is 0. The van der Waals surface area contributed by atoms with Crippen LogP contribution in [0.1, 0.15) is 13.8 Å². The molecule has 5 nitrogen and oxygen atoms in total. The van der Waals surface area contributed by atoms with E-state index in [2.05, 4.69) is 15.3 Å². The highest BCUT2D eigenvalue weighted by Gasteiger charge is 2.35. The van der Waals surface area contributed by atoms with Crippen molar-refractivity contribution in [1.82, 2.24) is 5.01 Å². The van der Waals surface area contributed by atoms with Gasteiger partial charge in [-0.05, 0) is 43.5 Å². The smallest absolute Gasteiger partial charge is 0.299 e. The highest BCUT2D eigenvalue weighted by molar-refractivity contribution is 8.06. The van der Waals surface area contributed by atoms with Gasteiger partial charge in [0.2, 0.25) is 0 Å². The van der Waals surface area contributed by atoms with Crippen molar-refractivity contribution in [3.05, 3.63) is 82.5 Å². The molecule has 0 aliphatic carbocycles. The van der Waals surface area contributed by atoms with Crippen molar-refractivity contribution in [1.29, 1.82) is 0 Å². The minimum atomic E-state index is -0.228. The van der Waals surface area contributed by atoms with Gasteiger partial charge in [0.25, 0.3) is 5.91 Å². The van der Waals surface area contributed by atoms with Gasteiger partial charge in [-0.3, -0.25) is 9.80 Å². The van der Waals surface area contributed by atoms with Crippen LogP contribution in [0.3, 0.4) is 0 Å². The molecule has 2 aliphatic rings. The Morgan fingerprint density at radius 2 is 1.48 bits per heavy atom. The minimum absolute atomic E-state index is 0.228. The van der Waals surface area contributed by atoms with Crippen LogP contribution in [-0.2, 0) is 4.79 Å². The molecule has 0 aromatic heterocycles. The Morgan fingerprint density at radius 3 is 2.11 bits per heavy atom. The molecular formula is C21H20N4OS. The standard InChI is InChI=1S/C21H20N4OS/c1-15-14-27-21(24(15)17-10-6-4-7-11-17)19-20(26)22-16(2)25(23(19)3)18-12-8-5-9-13-18/h4-14H,1-3H3. The Morgan fingerprint density at radius 1 is 0.889 bits per heavy atom. The number of anilines is 2. The average molecular weight is 376 g/mol. The maximum Gasteiger partial charge on any atom is 0.299 e. The molecule has 1 amide bonds. The van der Waals surface area contributed by atoms with Crippen molar-refractivity contribution in [3.63, 3.8) is 0 Å². The molecule has 0 spiro atoms. The Hall–Kier alpha value is -2.99. The summed E-state index contributed by atoms with van der Waals surface area (Å²) < 4.78 is 0. The maximum absolute atomic E-state index is 12.9. The number of carbonyl (C=O) groups excluding carboxylic acids is 1. The van der Waals surface area contributed by atoms with Crippen molar-refractivity contribution < 1.29 is 4.79 Å². The Kier molecular flexibility index (Phi) is 4.49. The number of carbonyl (C=O) groups is 1. The van der Waals surface area contributed by atoms with E-state index < -0.39 is 0 Å². The van der Waals surface area contributed by atoms with Gasteiger partial charge in [0, 0.05) is 18.4 Å². The molecule has 2 aliphatic heterocycles. The number of para-hydroxylation sites is 2. The lowest BCUT2D eigenvalue weighted by Crippen LogP contribution is -2.49. The number of nitrogens with zero attached hydrogens (tertiary/aromatic N) is 4. The van der Waals surface area contributed by atoms with Crippen molar-refractivity contribution in [2.24, 2.45) is 4.99 Å². The lowest BCUT2D eigenvalue weighted by molar-refractivity contribution is -0.116. The molecule has 0 fully saturated rings. The fourth-order valence-corrected chi connectivity index (χ4v) is 4.40. The zero-order chi connectivity index (χ0) is 19.0. The third kappa shape index (κ3) is 3.02. The van der Waals surface area contributed by atoms with E-state index >= 15 is 0 Å². The molecule has 0 unspecified atom stereocenters. The molecule has 2 aromatic rings. The number of aliphatic imine (C=N–C) groups is 1. The van der Waals surface area contributed by atoms with E-state index in [-0.39, 0.29) is 5.91 Å². The van der Waals surface area contributed by atoms with Crippen LogP contribution >= 0.6 is 11.8 Å². The second-order valence-corrected chi connectivity index (χ2v) is 7.20. The second kappa shape index (κ2) is 6.96. The van der Waals surface area contributed by atoms with E-state index in [4.69, 9.17) is 0 Å². The first-order valence-corrected chi connectivity index (χ1v) is 9.57. The first-order valence-electron chi connectivity index (χ1n) is 8.69. The van der Waals surface area contributed by atoms with Gasteiger partial charge in [-0.2, -0.15) is 4.99 Å². The molecule has 0 saturated carbocycles. The number of hydrogen-bond acceptors (Lipinski definition) is 5. The summed E-state index contributed by atoms with van der Waals surface area (Å²) in [5, 5.41) is 6.78. The van der Waals surface area contributed by atoms with Gasteiger partial charge < -0.3 is 4.90 Å². The SMILES string of the molecule is CC1=CSC(=C2C(=O)N=C(C)N(c3ccccc3)N2C)N1c1ccccc1. The normalized spacial score (nSPS) is 20.1. The zero-order valence-corrected chi connectivity index (χ0v) is 16.3. The molecule has 4 rings (SSSR count). The topological polar surface area (TPSA) is 39.2 Å². The molecule has 0 N–H and O–H groups in total. The van der Waals surface area contributed by atoms with Crippen LogP contribution in [0.4, 0.5) is 11.4 Å². The molecule has 0 saturated heterocycles. The van der Waals surface area contributed by atoms with Crippen molar-refractivity contribution in [3.8, 4) is 0 Å². The minimum Gasteiger partial charge on any atom is -0.306 e. The average Bonchev–Trinajstić information content (AvgIpc) is 3.04. The predicted octanol–water partition coefficient (Wildman–Crippen LogP) is 4.58. The fraction of sp³-hybridized carbons (Fsp3) is 0.143. The number of hydrogen-bond donors (Lipinski definition) is 0. The Bertz CT molecular complexity index is 966. The number of rotatable bonds is 2. The summed E-state index contributed by atoms with van der Waals surface area (Å²) in [7, 11) is 1.91. The highest BCUT2D eigenvalue weighted by atomic mass is 32.2. The summed E-state index contributed by atoms with van der Waals surface area (Å²) in [6.45, 7) is 3.90. The van der Waals surface area contributed by atoms with Gasteiger partial charge in [0.15, 0.2) is 5.70 Å². The quantitative estimate of drug-likeness (QED) is 0.717. The van der Waals surface area contributed by atoms with Gasteiger partial charge in [0.05, 0.1) is 5.69 Å². The first-order chi connectivity index (χ1) is 13.1. The van der Waals surface area contributed by atoms with Crippen LogP contribution in [0.15, 0.2) is 87.5 Å². The van der Waals surface area contributed by atoms with Crippen LogP contribution in [0.5, 0.6) is 0 Å². The molecule has 27 heavy (non-hydrogen) atoms. The number of thioether (sulfide) groups is 1. The molecule has 6 heteroatoms. The summed E-state index contributed by atoms with van der Waals surface area (Å²) in [6, 6.07) is 20.0. The summed E-state index contributed by atoms with van der Waals surface area (Å²) in [5.41, 5.74) is 3.63. The van der Waals surface area contributed by atoms with E-state index in [0.717, 1.165) is 22.1 Å². The van der Waals surface area contributed by atoms with Gasteiger partial charge >= 0.3 is 0 Å². The molecule has 0 bridgehead atoms. The van der Waals surface area contributed by atoms with Crippen LogP contribution < -0.4 is 9.91 Å². The Labute approximate surface area is 163 Å². The first kappa shape index (κ1) is 17.4. The fourth-order valence-electron chi connectivity index (χ4n) is 3.33. The zero-order valence-electron chi connectivity index (χ0n) is 15.5. The van der Waals surface area contributed by atoms with Gasteiger partial charge in [-0.15, -0.1) is 0 Å². The second-order valence-electron chi connectivity index (χ2n) is 6.34.